The Kier molecular flexibility index (Phi) is 10.5. The molecule has 10 nitrogen and oxygen atoms in total. The van der Waals surface area contributed by atoms with E-state index in [-0.39, 0.29) is 4.90 Å². The summed E-state index contributed by atoms with van der Waals surface area (Å²) in [7, 11) is -3.86. The fraction of sp³-hybridized carbons (Fsp3) is 0.667. The third-order valence-corrected chi connectivity index (χ3v) is 6.71. The van der Waals surface area contributed by atoms with Crippen molar-refractivity contribution in [2.75, 3.05) is 58.9 Å². The van der Waals surface area contributed by atoms with Crippen molar-refractivity contribution in [2.24, 2.45) is 0 Å². The summed E-state index contributed by atoms with van der Waals surface area (Å²) < 4.78 is 26.4. The Morgan fingerprint density at radius 3 is 1.75 bits per heavy atom. The molecule has 2 rings (SSSR count). The Morgan fingerprint density at radius 2 is 1.34 bits per heavy atom. The Hall–Kier alpha value is -1.60. The molecule has 0 saturated carbocycles. The second-order valence-electron chi connectivity index (χ2n) is 8.44. The first-order chi connectivity index (χ1) is 15.0. The molecule has 32 heavy (non-hydrogen) atoms. The number of sulfonamides is 1. The summed E-state index contributed by atoms with van der Waals surface area (Å²) in [4.78, 5) is 17.4. The van der Waals surface area contributed by atoms with Gasteiger partial charge in [0, 0.05) is 58.9 Å². The van der Waals surface area contributed by atoms with E-state index in [1.807, 2.05) is 4.72 Å². The molecule has 0 aliphatic carbocycles. The number of rotatable bonds is 10. The SMILES string of the molecule is C[C@H](O)CN1CCN(Cc2ccc(S(=O)(=O)NCC(=O)O)cc2)CCN(C[C@H](C)O)CC1. The van der Waals surface area contributed by atoms with Gasteiger partial charge in [0.1, 0.15) is 6.54 Å². The molecule has 182 valence electrons. The van der Waals surface area contributed by atoms with Crippen LogP contribution in [0.3, 0.4) is 0 Å². The number of carboxylic acids is 1. The van der Waals surface area contributed by atoms with Gasteiger partial charge in [0.05, 0.1) is 17.1 Å². The zero-order valence-corrected chi connectivity index (χ0v) is 19.7. The second kappa shape index (κ2) is 12.6. The molecule has 1 aromatic rings. The molecule has 2 atom stereocenters. The average molecular weight is 473 g/mol. The molecule has 0 amide bonds. The smallest absolute Gasteiger partial charge is 0.318 e. The molecular formula is C21H36N4O6S. The molecule has 0 spiro atoms. The van der Waals surface area contributed by atoms with Crippen molar-refractivity contribution < 1.29 is 28.5 Å². The molecular weight excluding hydrogens is 436 g/mol. The molecule has 4 N–H and O–H groups in total. The van der Waals surface area contributed by atoms with Crippen LogP contribution in [-0.2, 0) is 21.4 Å². The third-order valence-electron chi connectivity index (χ3n) is 5.30. The van der Waals surface area contributed by atoms with Gasteiger partial charge in [-0.05, 0) is 31.5 Å². The lowest BCUT2D eigenvalue weighted by molar-refractivity contribution is -0.135. The maximum Gasteiger partial charge on any atom is 0.318 e. The maximum atomic E-state index is 12.2. The molecule has 0 bridgehead atoms. The molecule has 1 aliphatic rings. The number of hydrogen-bond acceptors (Lipinski definition) is 8. The molecule has 1 aliphatic heterocycles. The van der Waals surface area contributed by atoms with E-state index in [2.05, 4.69) is 14.7 Å². The van der Waals surface area contributed by atoms with E-state index < -0.39 is 34.7 Å². The molecule has 1 aromatic carbocycles. The maximum absolute atomic E-state index is 12.2. The third kappa shape index (κ3) is 9.49. The topological polar surface area (TPSA) is 134 Å². The van der Waals surface area contributed by atoms with E-state index in [4.69, 9.17) is 5.11 Å². The summed E-state index contributed by atoms with van der Waals surface area (Å²) >= 11 is 0. The van der Waals surface area contributed by atoms with Crippen LogP contribution in [0.5, 0.6) is 0 Å². The minimum Gasteiger partial charge on any atom is -0.480 e. The van der Waals surface area contributed by atoms with Gasteiger partial charge in [-0.25, -0.2) is 8.42 Å². The minimum atomic E-state index is -3.86. The Bertz CT molecular complexity index is 794. The largest absolute Gasteiger partial charge is 0.480 e. The van der Waals surface area contributed by atoms with Crippen LogP contribution < -0.4 is 4.72 Å². The lowest BCUT2D eigenvalue weighted by Gasteiger charge is -2.27. The summed E-state index contributed by atoms with van der Waals surface area (Å²) in [6, 6.07) is 6.44. The van der Waals surface area contributed by atoms with E-state index in [0.717, 1.165) is 44.8 Å². The molecule has 0 aromatic heterocycles. The van der Waals surface area contributed by atoms with E-state index in [1.165, 1.54) is 12.1 Å². The fourth-order valence-corrected chi connectivity index (χ4v) is 4.70. The first-order valence-corrected chi connectivity index (χ1v) is 12.4. The fourth-order valence-electron chi connectivity index (χ4n) is 3.73. The lowest BCUT2D eigenvalue weighted by Crippen LogP contribution is -2.41. The highest BCUT2D eigenvalue weighted by Gasteiger charge is 2.19. The minimum absolute atomic E-state index is 0.0261. The van der Waals surface area contributed by atoms with Gasteiger partial charge in [0.25, 0.3) is 0 Å². The molecule has 1 saturated heterocycles. The van der Waals surface area contributed by atoms with Crippen LogP contribution in [0.15, 0.2) is 29.2 Å². The van der Waals surface area contributed by atoms with E-state index >= 15 is 0 Å². The first kappa shape index (κ1) is 26.7. The van der Waals surface area contributed by atoms with Crippen LogP contribution in [0.1, 0.15) is 19.4 Å². The summed E-state index contributed by atoms with van der Waals surface area (Å²) in [6.07, 6.45) is -0.836. The Morgan fingerprint density at radius 1 is 0.906 bits per heavy atom. The summed E-state index contributed by atoms with van der Waals surface area (Å²) in [6.45, 7) is 9.56. The van der Waals surface area contributed by atoms with Crippen molar-refractivity contribution in [3.63, 3.8) is 0 Å². The zero-order valence-electron chi connectivity index (χ0n) is 18.9. The van der Waals surface area contributed by atoms with Crippen LogP contribution in [0.2, 0.25) is 0 Å². The van der Waals surface area contributed by atoms with Gasteiger partial charge in [-0.15, -0.1) is 0 Å². The van der Waals surface area contributed by atoms with Gasteiger partial charge in [-0.1, -0.05) is 12.1 Å². The quantitative estimate of drug-likeness (QED) is 0.346. The summed E-state index contributed by atoms with van der Waals surface area (Å²) in [5.41, 5.74) is 0.950. The van der Waals surface area contributed by atoms with Crippen LogP contribution in [-0.4, -0.2) is 116 Å². The van der Waals surface area contributed by atoms with Gasteiger partial charge in [-0.3, -0.25) is 19.5 Å². The first-order valence-electron chi connectivity index (χ1n) is 10.9. The van der Waals surface area contributed by atoms with Crippen molar-refractivity contribution in [2.45, 2.75) is 37.5 Å². The second-order valence-corrected chi connectivity index (χ2v) is 10.2. The monoisotopic (exact) mass is 472 g/mol. The van der Waals surface area contributed by atoms with E-state index in [1.54, 1.807) is 26.0 Å². The van der Waals surface area contributed by atoms with Gasteiger partial charge in [-0.2, -0.15) is 4.72 Å². The number of β-amino-alcohol motifs (C(OH)–C–C–N with tert-alkyl or cyclic N) is 2. The number of carbonyl (C=O) groups is 1. The highest BCUT2D eigenvalue weighted by molar-refractivity contribution is 7.89. The zero-order chi connectivity index (χ0) is 23.7. The summed E-state index contributed by atoms with van der Waals surface area (Å²) in [5.74, 6) is -1.24. The molecule has 0 unspecified atom stereocenters. The number of hydrogen-bond donors (Lipinski definition) is 4. The number of aliphatic hydroxyl groups excluding tert-OH is 2. The number of benzene rings is 1. The van der Waals surface area contributed by atoms with Gasteiger partial charge in [0.15, 0.2) is 0 Å². The number of aliphatic hydroxyl groups is 2. The van der Waals surface area contributed by atoms with E-state index in [9.17, 15) is 23.4 Å². The lowest BCUT2D eigenvalue weighted by atomic mass is 10.2. The van der Waals surface area contributed by atoms with Crippen molar-refractivity contribution in [1.82, 2.24) is 19.4 Å². The number of aliphatic carboxylic acids is 1. The summed E-state index contributed by atoms with van der Waals surface area (Å²) in [5, 5.41) is 28.3. The standard InChI is InChI=1S/C21H36N4O6S/c1-17(26)14-23-7-8-24(15-18(2)27)10-12-25(11-9-23)16-19-3-5-20(6-4-19)32(30,31)22-13-21(28)29/h3-6,17-18,22,26-27H,7-16H2,1-2H3,(H,28,29)/t17-,18-/m0/s1. The Labute approximate surface area is 190 Å². The van der Waals surface area contributed by atoms with Gasteiger partial charge >= 0.3 is 5.97 Å². The van der Waals surface area contributed by atoms with Crippen molar-refractivity contribution >= 4 is 16.0 Å². The van der Waals surface area contributed by atoms with Crippen molar-refractivity contribution in [3.05, 3.63) is 29.8 Å². The highest BCUT2D eigenvalue weighted by Crippen LogP contribution is 2.13. The predicted octanol–water partition coefficient (Wildman–Crippen LogP) is -0.769. The molecule has 11 heteroatoms. The number of nitrogens with zero attached hydrogens (tertiary/aromatic N) is 3. The molecule has 0 radical (unpaired) electrons. The number of nitrogens with one attached hydrogen (secondary N) is 1. The van der Waals surface area contributed by atoms with Crippen LogP contribution in [0, 0.1) is 0 Å². The van der Waals surface area contributed by atoms with E-state index in [0.29, 0.717) is 19.6 Å². The number of carboxylic acid groups (broad SMARTS) is 1. The van der Waals surface area contributed by atoms with Gasteiger partial charge in [0.2, 0.25) is 10.0 Å². The molecule has 1 heterocycles. The normalized spacial score (nSPS) is 19.6. The van der Waals surface area contributed by atoms with Gasteiger partial charge < -0.3 is 15.3 Å². The Balaban J connectivity index is 2.05. The van der Waals surface area contributed by atoms with Crippen molar-refractivity contribution in [1.29, 1.82) is 0 Å². The van der Waals surface area contributed by atoms with Crippen LogP contribution in [0.4, 0.5) is 0 Å². The average Bonchev–Trinajstić information content (AvgIpc) is 2.79. The van der Waals surface area contributed by atoms with Crippen LogP contribution in [0.25, 0.3) is 0 Å². The molecule has 1 fully saturated rings. The highest BCUT2D eigenvalue weighted by atomic mass is 32.2. The van der Waals surface area contributed by atoms with Crippen molar-refractivity contribution in [3.8, 4) is 0 Å². The predicted molar refractivity (Wildman–Crippen MR) is 121 cm³/mol. The van der Waals surface area contributed by atoms with Crippen LogP contribution >= 0.6 is 0 Å².